The van der Waals surface area contributed by atoms with Crippen LogP contribution >= 0.6 is 15.9 Å². The molecule has 2 aliphatic rings. The Kier molecular flexibility index (Phi) is 5.00. The van der Waals surface area contributed by atoms with Crippen LogP contribution in [0.1, 0.15) is 67.8 Å². The summed E-state index contributed by atoms with van der Waals surface area (Å²) in [6, 6.07) is 6.16. The summed E-state index contributed by atoms with van der Waals surface area (Å²) >= 11 is 3.58. The topological polar surface area (TPSA) is 7.94 Å². The molecule has 0 unspecified atom stereocenters. The number of halogens is 3. The fourth-order valence-corrected chi connectivity index (χ4v) is 5.80. The van der Waals surface area contributed by atoms with E-state index in [0.717, 1.165) is 56.3 Å². The molecule has 2 nitrogen and oxygen atoms in total. The van der Waals surface area contributed by atoms with Gasteiger partial charge in [0, 0.05) is 28.2 Å². The normalized spacial score (nSPS) is 17.8. The van der Waals surface area contributed by atoms with E-state index in [1.54, 1.807) is 0 Å². The van der Waals surface area contributed by atoms with E-state index in [2.05, 4.69) is 22.0 Å². The van der Waals surface area contributed by atoms with Crippen LogP contribution in [-0.4, -0.2) is 21.6 Å². The fourth-order valence-electron chi connectivity index (χ4n) is 5.55. The van der Waals surface area contributed by atoms with Crippen molar-refractivity contribution in [2.75, 3.05) is 0 Å². The minimum Gasteiger partial charge on any atom is -0.393 e. The summed E-state index contributed by atoms with van der Waals surface area (Å²) < 4.78 is 36.0. The third-order valence-electron chi connectivity index (χ3n) is 6.94. The van der Waals surface area contributed by atoms with Gasteiger partial charge in [0.15, 0.2) is 5.70 Å². The maximum atomic E-state index is 16.2. The second-order valence-electron chi connectivity index (χ2n) is 8.45. The van der Waals surface area contributed by atoms with Crippen molar-refractivity contribution in [3.05, 3.63) is 73.2 Å². The van der Waals surface area contributed by atoms with Crippen LogP contribution in [0.5, 0.6) is 0 Å². The molecule has 2 aliphatic heterocycles. The maximum absolute atomic E-state index is 16.2. The van der Waals surface area contributed by atoms with E-state index in [1.807, 2.05) is 60.6 Å². The molecule has 0 N–H and O–H groups in total. The average molecular weight is 473 g/mol. The number of fused-ring (bicyclic) bond motifs is 2. The summed E-state index contributed by atoms with van der Waals surface area (Å²) in [6.07, 6.45) is 1.48. The first-order chi connectivity index (χ1) is 14.1. The Bertz CT molecular complexity index is 1200. The number of hydrogen-bond acceptors (Lipinski definition) is 0. The second-order valence-corrected chi connectivity index (χ2v) is 9.30. The highest BCUT2D eigenvalue weighted by molar-refractivity contribution is 9.10. The van der Waals surface area contributed by atoms with Gasteiger partial charge in [0.2, 0.25) is 0 Å². The molecule has 0 aliphatic carbocycles. The lowest BCUT2D eigenvalue weighted by Crippen LogP contribution is -2.51. The van der Waals surface area contributed by atoms with Gasteiger partial charge in [0.05, 0.1) is 5.57 Å². The Morgan fingerprint density at radius 3 is 2.27 bits per heavy atom. The largest absolute Gasteiger partial charge is 0.737 e. The lowest BCUT2D eigenvalue weighted by Gasteiger charge is -2.34. The minimum absolute atomic E-state index is 0.673. The van der Waals surface area contributed by atoms with Gasteiger partial charge < -0.3 is 17.6 Å². The predicted octanol–water partition coefficient (Wildman–Crippen LogP) is 6.95. The third-order valence-corrected chi connectivity index (χ3v) is 7.83. The van der Waals surface area contributed by atoms with Gasteiger partial charge in [-0.1, -0.05) is 35.8 Å². The average Bonchev–Trinajstić information content (AvgIpc) is 3.09. The van der Waals surface area contributed by atoms with Crippen LogP contribution in [0, 0.1) is 20.8 Å². The fraction of sp³-hybridized carbons (Fsp3) is 0.375. The van der Waals surface area contributed by atoms with Crippen molar-refractivity contribution in [1.82, 2.24) is 4.48 Å². The number of nitrogens with zero attached hydrogens (tertiary/aromatic N) is 2. The summed E-state index contributed by atoms with van der Waals surface area (Å²) in [5.74, 6) is 0. The molecule has 0 radical (unpaired) electrons. The SMILES string of the molecule is CCC1=C(C)C2=C(c3ccc(Br)c(C)c3)c3c(C)c(CC)c(C)n3[B-](F)(F)[N+]2=C1C. The molecular formula is C24H28BBrF2N2. The summed E-state index contributed by atoms with van der Waals surface area (Å²) in [5, 5.41) is 0. The highest BCUT2D eigenvalue weighted by Crippen LogP contribution is 2.47. The Morgan fingerprint density at radius 1 is 1.03 bits per heavy atom. The van der Waals surface area contributed by atoms with Crippen LogP contribution in [0.3, 0.4) is 0 Å². The quantitative estimate of drug-likeness (QED) is 0.427. The van der Waals surface area contributed by atoms with E-state index in [0.29, 0.717) is 22.8 Å². The summed E-state index contributed by atoms with van der Waals surface area (Å²) in [4.78, 5) is 0. The molecule has 6 heteroatoms. The molecular weight excluding hydrogens is 445 g/mol. The van der Waals surface area contributed by atoms with Crippen molar-refractivity contribution >= 4 is 34.2 Å². The number of hydrogen-bond donors (Lipinski definition) is 0. The van der Waals surface area contributed by atoms with E-state index in [1.165, 1.54) is 8.96 Å². The van der Waals surface area contributed by atoms with Crippen LogP contribution in [0.25, 0.3) is 5.57 Å². The first-order valence-corrected chi connectivity index (χ1v) is 11.4. The molecule has 0 saturated carbocycles. The van der Waals surface area contributed by atoms with Crippen molar-refractivity contribution in [2.24, 2.45) is 0 Å². The van der Waals surface area contributed by atoms with Crippen molar-refractivity contribution in [3.8, 4) is 0 Å². The van der Waals surface area contributed by atoms with Crippen LogP contribution in [0.4, 0.5) is 8.63 Å². The molecule has 1 aromatic carbocycles. The van der Waals surface area contributed by atoms with E-state index in [-0.39, 0.29) is 0 Å². The van der Waals surface area contributed by atoms with E-state index < -0.39 is 6.97 Å². The lowest BCUT2D eigenvalue weighted by atomic mass is 9.83. The Balaban J connectivity index is 2.23. The molecule has 2 aromatic rings. The van der Waals surface area contributed by atoms with Crippen molar-refractivity contribution in [1.29, 1.82) is 0 Å². The van der Waals surface area contributed by atoms with Gasteiger partial charge in [-0.3, -0.25) is 0 Å². The molecule has 4 rings (SSSR count). The van der Waals surface area contributed by atoms with Gasteiger partial charge in [-0.2, -0.15) is 0 Å². The Hall–Kier alpha value is -1.95. The third kappa shape index (κ3) is 2.62. The predicted molar refractivity (Wildman–Crippen MR) is 125 cm³/mol. The van der Waals surface area contributed by atoms with Gasteiger partial charge >= 0.3 is 6.97 Å². The summed E-state index contributed by atoms with van der Waals surface area (Å²) in [6.45, 7) is 9.83. The van der Waals surface area contributed by atoms with Crippen molar-refractivity contribution < 1.29 is 13.1 Å². The monoisotopic (exact) mass is 472 g/mol. The highest BCUT2D eigenvalue weighted by atomic mass is 79.9. The van der Waals surface area contributed by atoms with Crippen LogP contribution in [0.2, 0.25) is 0 Å². The van der Waals surface area contributed by atoms with Crippen LogP contribution < -0.4 is 0 Å². The first kappa shape index (κ1) is 21.3. The molecule has 0 spiro atoms. The van der Waals surface area contributed by atoms with E-state index >= 15 is 8.63 Å². The van der Waals surface area contributed by atoms with Crippen LogP contribution in [0.15, 0.2) is 39.5 Å². The van der Waals surface area contributed by atoms with E-state index in [4.69, 9.17) is 0 Å². The number of aryl methyl sites for hydroxylation is 1. The zero-order chi connectivity index (χ0) is 22.1. The van der Waals surface area contributed by atoms with Crippen LogP contribution in [-0.2, 0) is 6.42 Å². The minimum atomic E-state index is -3.97. The van der Waals surface area contributed by atoms with Gasteiger partial charge in [-0.15, -0.1) is 0 Å². The molecule has 0 bridgehead atoms. The first-order valence-electron chi connectivity index (χ1n) is 10.6. The van der Waals surface area contributed by atoms with Gasteiger partial charge in [0.1, 0.15) is 5.71 Å². The van der Waals surface area contributed by atoms with Crippen molar-refractivity contribution in [3.63, 3.8) is 0 Å². The number of rotatable bonds is 3. The molecule has 0 fully saturated rings. The Morgan fingerprint density at radius 2 is 1.70 bits per heavy atom. The van der Waals surface area contributed by atoms with Gasteiger partial charge in [-0.05, 0) is 80.6 Å². The van der Waals surface area contributed by atoms with Gasteiger partial charge in [-0.25, -0.2) is 0 Å². The number of allylic oxidation sites excluding steroid dienone is 2. The molecule has 158 valence electrons. The molecule has 3 heterocycles. The molecule has 0 atom stereocenters. The van der Waals surface area contributed by atoms with Crippen molar-refractivity contribution in [2.45, 2.75) is 61.3 Å². The Labute approximate surface area is 186 Å². The summed E-state index contributed by atoms with van der Waals surface area (Å²) in [7, 11) is 0. The zero-order valence-corrected chi connectivity index (χ0v) is 20.3. The highest BCUT2D eigenvalue weighted by Gasteiger charge is 2.56. The maximum Gasteiger partial charge on any atom is 0.737 e. The second kappa shape index (κ2) is 7.05. The zero-order valence-electron chi connectivity index (χ0n) is 18.8. The molecule has 1 aromatic heterocycles. The molecule has 30 heavy (non-hydrogen) atoms. The lowest BCUT2D eigenvalue weighted by molar-refractivity contribution is -0.363. The number of benzene rings is 1. The smallest absolute Gasteiger partial charge is 0.393 e. The summed E-state index contributed by atoms with van der Waals surface area (Å²) in [5.41, 5.74) is 9.67. The molecule has 0 saturated heterocycles. The molecule has 0 amide bonds. The van der Waals surface area contributed by atoms with Gasteiger partial charge in [0.25, 0.3) is 0 Å². The number of aromatic nitrogens is 1. The standard InChI is InChI=1S/C24H28BBrF2N2/c1-8-19-14(4)23-22(18-10-11-21(26)13(3)12-18)24-15(5)20(9-2)17(7)30(24)25(27,28)29(23)16(19)6/h10-12H,8-9H2,1-7H3. The van der Waals surface area contributed by atoms with E-state index in [9.17, 15) is 0 Å².